The van der Waals surface area contributed by atoms with E-state index < -0.39 is 0 Å². The number of benzene rings is 1. The van der Waals surface area contributed by atoms with Gasteiger partial charge in [-0.15, -0.1) is 0 Å². The van der Waals surface area contributed by atoms with E-state index in [2.05, 4.69) is 52.1 Å². The van der Waals surface area contributed by atoms with Crippen molar-refractivity contribution in [2.75, 3.05) is 61.2 Å². The van der Waals surface area contributed by atoms with Crippen LogP contribution in [0.4, 0.5) is 17.5 Å². The molecule has 3 aromatic rings. The fourth-order valence-corrected chi connectivity index (χ4v) is 4.97. The molecular formula is C23H29N7O2. The molecule has 0 radical (unpaired) electrons. The maximum atomic E-state index is 5.69. The van der Waals surface area contributed by atoms with Gasteiger partial charge < -0.3 is 29.6 Å². The van der Waals surface area contributed by atoms with Crippen LogP contribution in [0.15, 0.2) is 18.2 Å². The first-order valence-corrected chi connectivity index (χ1v) is 11.5. The Labute approximate surface area is 187 Å². The molecule has 5 heterocycles. The number of nitrogens with one attached hydrogen (secondary N) is 2. The van der Waals surface area contributed by atoms with Gasteiger partial charge in [-0.3, -0.25) is 0 Å². The number of aromatic nitrogens is 4. The van der Waals surface area contributed by atoms with E-state index >= 15 is 0 Å². The quantitative estimate of drug-likeness (QED) is 0.648. The molecule has 168 valence electrons. The lowest BCUT2D eigenvalue weighted by atomic mass is 10.0. The van der Waals surface area contributed by atoms with Gasteiger partial charge in [0.15, 0.2) is 11.5 Å². The van der Waals surface area contributed by atoms with Crippen LogP contribution in [-0.2, 0) is 15.9 Å². The van der Waals surface area contributed by atoms with Crippen molar-refractivity contribution >= 4 is 28.6 Å². The number of anilines is 3. The lowest BCUT2D eigenvalue weighted by molar-refractivity contribution is 0.0973. The third kappa shape index (κ3) is 3.27. The molecule has 2 N–H and O–H groups in total. The van der Waals surface area contributed by atoms with Crippen LogP contribution in [0.5, 0.6) is 0 Å². The predicted octanol–water partition coefficient (Wildman–Crippen LogP) is 2.44. The van der Waals surface area contributed by atoms with Crippen molar-refractivity contribution in [1.82, 2.24) is 19.9 Å². The van der Waals surface area contributed by atoms with E-state index in [0.29, 0.717) is 32.1 Å². The molecule has 0 amide bonds. The monoisotopic (exact) mass is 435 g/mol. The summed E-state index contributed by atoms with van der Waals surface area (Å²) in [6.45, 7) is 9.61. The maximum Gasteiger partial charge on any atom is 0.229 e. The van der Waals surface area contributed by atoms with Gasteiger partial charge in [-0.05, 0) is 31.9 Å². The average molecular weight is 436 g/mol. The molecule has 3 aliphatic rings. The lowest BCUT2D eigenvalue weighted by Gasteiger charge is -2.36. The molecule has 6 rings (SSSR count). The molecular weight excluding hydrogens is 406 g/mol. The highest BCUT2D eigenvalue weighted by Gasteiger charge is 2.29. The maximum absolute atomic E-state index is 5.69. The minimum Gasteiger partial charge on any atom is -0.384 e. The number of nitrogens with zero attached hydrogens (tertiary/aromatic N) is 5. The van der Waals surface area contributed by atoms with Crippen molar-refractivity contribution in [3.05, 3.63) is 23.8 Å². The van der Waals surface area contributed by atoms with Gasteiger partial charge in [0, 0.05) is 30.9 Å². The zero-order chi connectivity index (χ0) is 21.7. The van der Waals surface area contributed by atoms with Gasteiger partial charge in [-0.1, -0.05) is 12.1 Å². The van der Waals surface area contributed by atoms with Crippen molar-refractivity contribution in [2.24, 2.45) is 0 Å². The van der Waals surface area contributed by atoms with E-state index in [1.807, 2.05) is 0 Å². The lowest BCUT2D eigenvalue weighted by Crippen LogP contribution is -2.46. The fourth-order valence-electron chi connectivity index (χ4n) is 4.97. The molecule has 1 aromatic carbocycles. The number of hydrogen-bond acceptors (Lipinski definition) is 8. The molecule has 3 aliphatic heterocycles. The van der Waals surface area contributed by atoms with Crippen molar-refractivity contribution < 1.29 is 9.47 Å². The Balaban J connectivity index is 1.51. The first-order valence-electron chi connectivity index (χ1n) is 11.5. The normalized spacial score (nSPS) is 23.4. The summed E-state index contributed by atoms with van der Waals surface area (Å²) >= 11 is 0. The third-order valence-electron chi connectivity index (χ3n) is 6.71. The molecule has 9 nitrogen and oxygen atoms in total. The van der Waals surface area contributed by atoms with Gasteiger partial charge >= 0.3 is 0 Å². The first kappa shape index (κ1) is 19.8. The molecule has 2 fully saturated rings. The summed E-state index contributed by atoms with van der Waals surface area (Å²) < 4.78 is 11.3. The molecule has 2 unspecified atom stereocenters. The number of fused-ring (bicyclic) bond motifs is 2. The van der Waals surface area contributed by atoms with Crippen LogP contribution in [0, 0.1) is 0 Å². The molecule has 0 aliphatic carbocycles. The highest BCUT2D eigenvalue weighted by Crippen LogP contribution is 2.35. The topological polar surface area (TPSA) is 91.4 Å². The molecule has 9 heteroatoms. The predicted molar refractivity (Wildman–Crippen MR) is 125 cm³/mol. The largest absolute Gasteiger partial charge is 0.384 e. The van der Waals surface area contributed by atoms with Crippen LogP contribution in [0.3, 0.4) is 0 Å². The second kappa shape index (κ2) is 7.90. The van der Waals surface area contributed by atoms with Crippen molar-refractivity contribution in [3.8, 4) is 11.4 Å². The smallest absolute Gasteiger partial charge is 0.229 e. The van der Waals surface area contributed by atoms with Gasteiger partial charge in [0.25, 0.3) is 0 Å². The highest BCUT2D eigenvalue weighted by atomic mass is 16.5. The minimum absolute atomic E-state index is 0.220. The Bertz CT molecular complexity index is 1150. The zero-order valence-corrected chi connectivity index (χ0v) is 18.6. The van der Waals surface area contributed by atoms with E-state index in [9.17, 15) is 0 Å². The van der Waals surface area contributed by atoms with Gasteiger partial charge in [0.1, 0.15) is 11.3 Å². The zero-order valence-electron chi connectivity index (χ0n) is 18.6. The third-order valence-corrected chi connectivity index (χ3v) is 6.71. The van der Waals surface area contributed by atoms with Gasteiger partial charge in [-0.2, -0.15) is 9.97 Å². The van der Waals surface area contributed by atoms with Gasteiger partial charge in [-0.25, -0.2) is 4.98 Å². The van der Waals surface area contributed by atoms with Crippen LogP contribution in [0.1, 0.15) is 19.4 Å². The molecule has 2 saturated heterocycles. The SMILES string of the molecule is CC1COCCN1c1nc(N2CCOCC2C)c2[nH]c(-c3cccc4c3CCN4)nc2n1. The van der Waals surface area contributed by atoms with Crippen LogP contribution in [0.25, 0.3) is 22.6 Å². The molecule has 2 atom stereocenters. The first-order chi connectivity index (χ1) is 15.7. The summed E-state index contributed by atoms with van der Waals surface area (Å²) in [5.74, 6) is 2.48. The number of H-pyrrole nitrogens is 1. The number of hydrogen-bond donors (Lipinski definition) is 2. The van der Waals surface area contributed by atoms with E-state index in [1.165, 1.54) is 11.3 Å². The van der Waals surface area contributed by atoms with Crippen molar-refractivity contribution in [3.63, 3.8) is 0 Å². The van der Waals surface area contributed by atoms with Gasteiger partial charge in [0.05, 0.1) is 38.5 Å². The highest BCUT2D eigenvalue weighted by molar-refractivity contribution is 5.88. The van der Waals surface area contributed by atoms with Crippen LogP contribution in [-0.4, -0.2) is 78.1 Å². The Morgan fingerprint density at radius 2 is 1.75 bits per heavy atom. The second-order valence-corrected chi connectivity index (χ2v) is 8.87. The van der Waals surface area contributed by atoms with Crippen molar-refractivity contribution in [2.45, 2.75) is 32.4 Å². The second-order valence-electron chi connectivity index (χ2n) is 8.87. The fraction of sp³-hybridized carbons (Fsp3) is 0.522. The van der Waals surface area contributed by atoms with Crippen LogP contribution in [0.2, 0.25) is 0 Å². The van der Waals surface area contributed by atoms with E-state index in [0.717, 1.165) is 54.7 Å². The summed E-state index contributed by atoms with van der Waals surface area (Å²) in [6.07, 6.45) is 0.998. The Kier molecular flexibility index (Phi) is 4.87. The number of imidazole rings is 1. The molecule has 0 spiro atoms. The van der Waals surface area contributed by atoms with Gasteiger partial charge in [0.2, 0.25) is 5.95 Å². The summed E-state index contributed by atoms with van der Waals surface area (Å²) in [5.41, 5.74) is 5.23. The molecule has 0 saturated carbocycles. The van der Waals surface area contributed by atoms with Crippen LogP contribution < -0.4 is 15.1 Å². The molecule has 32 heavy (non-hydrogen) atoms. The summed E-state index contributed by atoms with van der Waals surface area (Å²) in [4.78, 5) is 23.1. The molecule has 0 bridgehead atoms. The number of aromatic amines is 1. The number of ether oxygens (including phenoxy) is 2. The van der Waals surface area contributed by atoms with E-state index in [-0.39, 0.29) is 12.1 Å². The summed E-state index contributed by atoms with van der Waals surface area (Å²) in [6, 6.07) is 6.80. The summed E-state index contributed by atoms with van der Waals surface area (Å²) in [7, 11) is 0. The Morgan fingerprint density at radius 1 is 0.969 bits per heavy atom. The van der Waals surface area contributed by atoms with E-state index in [4.69, 9.17) is 24.4 Å². The number of morpholine rings is 2. The minimum atomic E-state index is 0.220. The Morgan fingerprint density at radius 3 is 2.53 bits per heavy atom. The molecule has 2 aromatic heterocycles. The van der Waals surface area contributed by atoms with Crippen LogP contribution >= 0.6 is 0 Å². The number of rotatable bonds is 3. The Hall–Kier alpha value is -2.91. The summed E-state index contributed by atoms with van der Waals surface area (Å²) in [5, 5.41) is 3.46. The van der Waals surface area contributed by atoms with E-state index in [1.54, 1.807) is 0 Å². The standard InChI is InChI=1S/C23H29N7O2/c1-14-12-31-10-8-29(14)22-19-21(27-23(28-22)30-9-11-32-13-15(30)2)26-20(25-19)17-4-3-5-18-16(17)6-7-24-18/h3-5,14-15,24H,6-13H2,1-2H3,(H,25,26,27,28). The van der Waals surface area contributed by atoms with Crippen molar-refractivity contribution in [1.29, 1.82) is 0 Å². The average Bonchev–Trinajstić information content (AvgIpc) is 3.46.